The molecule has 0 radical (unpaired) electrons. The number of rotatable bonds is 6. The maximum Gasteiger partial charge on any atom is 0.223 e. The van der Waals surface area contributed by atoms with Crippen LogP contribution in [0.2, 0.25) is 0 Å². The minimum Gasteiger partial charge on any atom is -0.441 e. The molecule has 5 nitrogen and oxygen atoms in total. The van der Waals surface area contributed by atoms with Gasteiger partial charge in [-0.3, -0.25) is 4.79 Å². The van der Waals surface area contributed by atoms with Gasteiger partial charge in [0.2, 0.25) is 5.91 Å². The molecule has 3 aromatic rings. The number of carbonyl (C=O) groups is 1. The number of amides is 1. The number of halogens is 2. The minimum atomic E-state index is 0. The van der Waals surface area contributed by atoms with Crippen molar-refractivity contribution < 1.29 is 9.21 Å². The van der Waals surface area contributed by atoms with Crippen LogP contribution in [0.25, 0.3) is 11.3 Å². The first-order valence-electron chi connectivity index (χ1n) is 10.2. The van der Waals surface area contributed by atoms with Crippen molar-refractivity contribution in [3.05, 3.63) is 77.8 Å². The fourth-order valence-electron chi connectivity index (χ4n) is 4.04. The summed E-state index contributed by atoms with van der Waals surface area (Å²) in [4.78, 5) is 19.1. The van der Waals surface area contributed by atoms with Gasteiger partial charge in [0.15, 0.2) is 11.7 Å². The molecule has 0 aliphatic carbocycles. The number of aromatic nitrogens is 1. The Labute approximate surface area is 195 Å². The maximum atomic E-state index is 12.8. The first-order valence-corrected chi connectivity index (χ1v) is 10.2. The van der Waals surface area contributed by atoms with E-state index in [9.17, 15) is 4.79 Å². The number of hydrogen-bond acceptors (Lipinski definition) is 4. The van der Waals surface area contributed by atoms with Crippen molar-refractivity contribution in [3.63, 3.8) is 0 Å². The lowest BCUT2D eigenvalue weighted by Crippen LogP contribution is -2.30. The molecule has 0 bridgehead atoms. The van der Waals surface area contributed by atoms with Crippen LogP contribution in [0.4, 0.5) is 0 Å². The topological polar surface area (TPSA) is 72.4 Å². The molecule has 0 unspecified atom stereocenters. The molecule has 1 aromatic heterocycles. The van der Waals surface area contributed by atoms with E-state index in [0.717, 1.165) is 24.4 Å². The summed E-state index contributed by atoms with van der Waals surface area (Å²) in [5.74, 6) is 2.08. The van der Waals surface area contributed by atoms with Gasteiger partial charge in [0.1, 0.15) is 0 Å². The number of likely N-dealkylation sites (tertiary alicyclic amines) is 1. The quantitative estimate of drug-likeness (QED) is 0.580. The molecule has 2 N–H and O–H groups in total. The van der Waals surface area contributed by atoms with E-state index in [-0.39, 0.29) is 30.7 Å². The van der Waals surface area contributed by atoms with Crippen molar-refractivity contribution in [1.29, 1.82) is 0 Å². The van der Waals surface area contributed by atoms with Gasteiger partial charge < -0.3 is 15.1 Å². The summed E-state index contributed by atoms with van der Waals surface area (Å²) in [5, 5.41) is 0. The van der Waals surface area contributed by atoms with Crippen molar-refractivity contribution >= 4 is 30.7 Å². The van der Waals surface area contributed by atoms with Gasteiger partial charge in [-0.05, 0) is 24.9 Å². The van der Waals surface area contributed by atoms with Crippen LogP contribution in [0, 0.1) is 12.8 Å². The molecular weight excluding hydrogens is 433 g/mol. The van der Waals surface area contributed by atoms with Crippen molar-refractivity contribution in [2.75, 3.05) is 19.6 Å². The first-order chi connectivity index (χ1) is 14.1. The van der Waals surface area contributed by atoms with Gasteiger partial charge in [-0.15, -0.1) is 24.8 Å². The Morgan fingerprint density at radius 1 is 1.10 bits per heavy atom. The Kier molecular flexibility index (Phi) is 9.11. The van der Waals surface area contributed by atoms with E-state index in [2.05, 4.69) is 24.0 Å². The second kappa shape index (κ2) is 11.3. The third-order valence-electron chi connectivity index (χ3n) is 5.77. The Bertz CT molecular complexity index is 960. The summed E-state index contributed by atoms with van der Waals surface area (Å²) in [7, 11) is 0. The van der Waals surface area contributed by atoms with Crippen molar-refractivity contribution in [2.24, 2.45) is 11.7 Å². The second-order valence-electron chi connectivity index (χ2n) is 7.80. The molecule has 2 heterocycles. The van der Waals surface area contributed by atoms with E-state index in [0.29, 0.717) is 37.1 Å². The Hall–Kier alpha value is -2.34. The van der Waals surface area contributed by atoms with Crippen LogP contribution < -0.4 is 5.73 Å². The highest BCUT2D eigenvalue weighted by atomic mass is 35.5. The van der Waals surface area contributed by atoms with Crippen LogP contribution in [0.15, 0.2) is 65.2 Å². The lowest BCUT2D eigenvalue weighted by atomic mass is 9.89. The van der Waals surface area contributed by atoms with Crippen LogP contribution >= 0.6 is 24.8 Å². The van der Waals surface area contributed by atoms with Gasteiger partial charge in [-0.25, -0.2) is 4.98 Å². The Morgan fingerprint density at radius 2 is 1.81 bits per heavy atom. The summed E-state index contributed by atoms with van der Waals surface area (Å²) in [5.41, 5.74) is 9.45. The average Bonchev–Trinajstić information content (AvgIpc) is 3.40. The van der Waals surface area contributed by atoms with Gasteiger partial charge in [-0.1, -0.05) is 60.2 Å². The summed E-state index contributed by atoms with van der Waals surface area (Å²) >= 11 is 0. The van der Waals surface area contributed by atoms with E-state index in [4.69, 9.17) is 10.2 Å². The van der Waals surface area contributed by atoms with Crippen molar-refractivity contribution in [2.45, 2.75) is 25.7 Å². The third kappa shape index (κ3) is 5.88. The van der Waals surface area contributed by atoms with Gasteiger partial charge in [0, 0.05) is 37.4 Å². The highest BCUT2D eigenvalue weighted by molar-refractivity contribution is 5.85. The number of nitrogens with zero attached hydrogens (tertiary/aromatic N) is 2. The standard InChI is InChI=1S/C24H27N3O2.2ClH/c1-17-7-9-19(10-8-17)22-14-26-23(29-22)11-12-24(28)27-15-20(13-25)21(16-27)18-5-3-2-4-6-18;;/h2-10,14,20-21H,11-13,15-16,25H2,1H3;2*1H/t20-,21+;;/m1../s1. The second-order valence-corrected chi connectivity index (χ2v) is 7.80. The Morgan fingerprint density at radius 3 is 2.48 bits per heavy atom. The third-order valence-corrected chi connectivity index (χ3v) is 5.77. The van der Waals surface area contributed by atoms with Crippen molar-refractivity contribution in [1.82, 2.24) is 9.88 Å². The molecule has 0 saturated carbocycles. The lowest BCUT2D eigenvalue weighted by Gasteiger charge is -2.16. The number of nitrogens with two attached hydrogens (primary N) is 1. The summed E-state index contributed by atoms with van der Waals surface area (Å²) in [6.45, 7) is 4.08. The number of carbonyl (C=O) groups excluding carboxylic acids is 1. The largest absolute Gasteiger partial charge is 0.441 e. The summed E-state index contributed by atoms with van der Waals surface area (Å²) in [6.07, 6.45) is 2.63. The van der Waals surface area contributed by atoms with Crippen LogP contribution in [0.3, 0.4) is 0 Å². The zero-order chi connectivity index (χ0) is 20.2. The molecule has 1 saturated heterocycles. The minimum absolute atomic E-state index is 0. The SMILES string of the molecule is Cc1ccc(-c2cnc(CCC(=O)N3C[C@@H](CN)[C@H](c4ccccc4)C3)o2)cc1.Cl.Cl. The summed E-state index contributed by atoms with van der Waals surface area (Å²) < 4.78 is 5.85. The van der Waals surface area contributed by atoms with E-state index in [1.807, 2.05) is 47.4 Å². The Balaban J connectivity index is 0.00000171. The molecule has 1 aliphatic rings. The molecule has 166 valence electrons. The molecule has 2 aromatic carbocycles. The van der Waals surface area contributed by atoms with Crippen LogP contribution in [0.5, 0.6) is 0 Å². The monoisotopic (exact) mass is 461 g/mol. The summed E-state index contributed by atoms with van der Waals surface area (Å²) in [6, 6.07) is 18.5. The van der Waals surface area contributed by atoms with Crippen LogP contribution in [0.1, 0.15) is 29.4 Å². The zero-order valence-electron chi connectivity index (χ0n) is 17.6. The fourth-order valence-corrected chi connectivity index (χ4v) is 4.04. The van der Waals surface area contributed by atoms with Gasteiger partial charge in [-0.2, -0.15) is 0 Å². The lowest BCUT2D eigenvalue weighted by molar-refractivity contribution is -0.130. The predicted octanol–water partition coefficient (Wildman–Crippen LogP) is 4.63. The molecule has 31 heavy (non-hydrogen) atoms. The molecule has 1 fully saturated rings. The molecule has 7 heteroatoms. The van der Waals surface area contributed by atoms with E-state index < -0.39 is 0 Å². The smallest absolute Gasteiger partial charge is 0.223 e. The molecule has 4 rings (SSSR count). The van der Waals surface area contributed by atoms with E-state index in [1.165, 1.54) is 11.1 Å². The first kappa shape index (κ1) is 24.9. The number of benzene rings is 2. The fraction of sp³-hybridized carbons (Fsp3) is 0.333. The average molecular weight is 462 g/mol. The predicted molar refractivity (Wildman–Crippen MR) is 128 cm³/mol. The number of hydrogen-bond donors (Lipinski definition) is 1. The number of oxazole rings is 1. The van der Waals surface area contributed by atoms with Gasteiger partial charge in [0.25, 0.3) is 0 Å². The van der Waals surface area contributed by atoms with Gasteiger partial charge in [0.05, 0.1) is 6.20 Å². The van der Waals surface area contributed by atoms with Crippen LogP contribution in [-0.2, 0) is 11.2 Å². The molecule has 1 amide bonds. The molecule has 2 atom stereocenters. The maximum absolute atomic E-state index is 12.8. The van der Waals surface area contributed by atoms with Crippen LogP contribution in [-0.4, -0.2) is 35.4 Å². The number of aryl methyl sites for hydroxylation is 2. The normalized spacial score (nSPS) is 17.7. The zero-order valence-corrected chi connectivity index (χ0v) is 19.2. The molecule has 0 spiro atoms. The molecular formula is C24H29Cl2N3O2. The molecule has 1 aliphatic heterocycles. The van der Waals surface area contributed by atoms with E-state index >= 15 is 0 Å². The van der Waals surface area contributed by atoms with E-state index in [1.54, 1.807) is 6.20 Å². The van der Waals surface area contributed by atoms with Crippen molar-refractivity contribution in [3.8, 4) is 11.3 Å². The highest BCUT2D eigenvalue weighted by Gasteiger charge is 2.35. The highest BCUT2D eigenvalue weighted by Crippen LogP contribution is 2.32. The van der Waals surface area contributed by atoms with Gasteiger partial charge >= 0.3 is 0 Å².